The summed E-state index contributed by atoms with van der Waals surface area (Å²) in [6.45, 7) is 9.59. The zero-order valence-corrected chi connectivity index (χ0v) is 10.8. The summed E-state index contributed by atoms with van der Waals surface area (Å²) in [7, 11) is -0.462. The summed E-state index contributed by atoms with van der Waals surface area (Å²) in [5.41, 5.74) is 0. The fourth-order valence-corrected chi connectivity index (χ4v) is 1.35. The predicted molar refractivity (Wildman–Crippen MR) is 56.3 cm³/mol. The molecule has 0 aromatic heterocycles. The van der Waals surface area contributed by atoms with Gasteiger partial charge in [0, 0.05) is 0 Å². The Labute approximate surface area is 83.7 Å². The lowest BCUT2D eigenvalue weighted by Gasteiger charge is -2.22. The second kappa shape index (κ2) is 7.50. The van der Waals surface area contributed by atoms with Crippen LogP contribution in [0.5, 0.6) is 0 Å². The fraction of sp³-hybridized carbons (Fsp3) is 1.00. The van der Waals surface area contributed by atoms with Crippen LogP contribution in [0.2, 0.25) is 6.04 Å². The molecular weight excluding hydrogens is 184 g/mol. The van der Waals surface area contributed by atoms with Crippen molar-refractivity contribution in [3.05, 3.63) is 0 Å². The number of hydrogen-bond donors (Lipinski definition) is 0. The first-order chi connectivity index (χ1) is 6.06. The van der Waals surface area contributed by atoms with Gasteiger partial charge in [0.15, 0.2) is 9.76 Å². The van der Waals surface area contributed by atoms with Crippen LogP contribution in [0.15, 0.2) is 0 Å². The van der Waals surface area contributed by atoms with Gasteiger partial charge in [-0.3, -0.25) is 0 Å². The first kappa shape index (κ1) is 13.1. The highest BCUT2D eigenvalue weighted by Crippen LogP contribution is 2.05. The van der Waals surface area contributed by atoms with Crippen LogP contribution in [0.3, 0.4) is 0 Å². The van der Waals surface area contributed by atoms with Crippen molar-refractivity contribution in [2.45, 2.75) is 59.3 Å². The van der Waals surface area contributed by atoms with E-state index in [1.54, 1.807) is 0 Å². The third kappa shape index (κ3) is 8.43. The molecule has 0 rings (SSSR count). The minimum Gasteiger partial charge on any atom is -0.379 e. The molecule has 0 radical (unpaired) electrons. The summed E-state index contributed by atoms with van der Waals surface area (Å²) >= 11 is 0. The highest BCUT2D eigenvalue weighted by Gasteiger charge is 2.12. The molecule has 0 aromatic carbocycles. The summed E-state index contributed by atoms with van der Waals surface area (Å²) in [5.74, 6) is 0. The summed E-state index contributed by atoms with van der Waals surface area (Å²) in [5, 5.41) is 0. The molecule has 0 spiro atoms. The predicted octanol–water partition coefficient (Wildman–Crippen LogP) is 1.66. The minimum absolute atomic E-state index is 0.148. The summed E-state index contributed by atoms with van der Waals surface area (Å²) < 4.78 is 16.4. The Morgan fingerprint density at radius 1 is 1.00 bits per heavy atom. The third-order valence-electron chi connectivity index (χ3n) is 1.22. The van der Waals surface area contributed by atoms with Crippen molar-refractivity contribution in [2.24, 2.45) is 0 Å². The first-order valence-electron chi connectivity index (χ1n) is 4.98. The van der Waals surface area contributed by atoms with Crippen LogP contribution in [0.4, 0.5) is 0 Å². The van der Waals surface area contributed by atoms with E-state index in [9.17, 15) is 0 Å². The summed E-state index contributed by atoms with van der Waals surface area (Å²) in [4.78, 5) is 0. The molecule has 0 aliphatic heterocycles. The van der Waals surface area contributed by atoms with E-state index >= 15 is 0 Å². The SMILES string of the molecule is CC[SiH2]OC(OC(C)C)OC(C)C. The highest BCUT2D eigenvalue weighted by molar-refractivity contribution is 6.26. The Morgan fingerprint density at radius 3 is 1.77 bits per heavy atom. The van der Waals surface area contributed by atoms with Crippen molar-refractivity contribution in [3.8, 4) is 0 Å². The Kier molecular flexibility index (Phi) is 7.55. The molecule has 3 nitrogen and oxygen atoms in total. The Balaban J connectivity index is 3.73. The molecule has 0 unspecified atom stereocenters. The minimum atomic E-state index is -0.462. The van der Waals surface area contributed by atoms with E-state index in [1.165, 1.54) is 0 Å². The van der Waals surface area contributed by atoms with E-state index in [0.29, 0.717) is 0 Å². The molecule has 0 aliphatic carbocycles. The number of hydrogen-bond acceptors (Lipinski definition) is 3. The molecule has 0 N–H and O–H groups in total. The molecule has 0 saturated carbocycles. The lowest BCUT2D eigenvalue weighted by atomic mass is 10.5. The van der Waals surface area contributed by atoms with Gasteiger partial charge in [-0.2, -0.15) is 0 Å². The van der Waals surface area contributed by atoms with E-state index in [-0.39, 0.29) is 12.2 Å². The molecule has 0 fully saturated rings. The van der Waals surface area contributed by atoms with Crippen molar-refractivity contribution in [1.82, 2.24) is 0 Å². The highest BCUT2D eigenvalue weighted by atomic mass is 28.2. The zero-order valence-electron chi connectivity index (χ0n) is 9.37. The van der Waals surface area contributed by atoms with Gasteiger partial charge >= 0.3 is 0 Å². The quantitative estimate of drug-likeness (QED) is 0.468. The van der Waals surface area contributed by atoms with Crippen molar-refractivity contribution in [3.63, 3.8) is 0 Å². The van der Waals surface area contributed by atoms with Gasteiger partial charge in [0.1, 0.15) is 0 Å². The van der Waals surface area contributed by atoms with Crippen molar-refractivity contribution in [1.29, 1.82) is 0 Å². The lowest BCUT2D eigenvalue weighted by molar-refractivity contribution is -0.275. The first-order valence-corrected chi connectivity index (χ1v) is 6.56. The maximum absolute atomic E-state index is 5.51. The largest absolute Gasteiger partial charge is 0.379 e. The van der Waals surface area contributed by atoms with Gasteiger partial charge in [0.2, 0.25) is 0 Å². The molecule has 0 heterocycles. The Bertz CT molecular complexity index is 107. The van der Waals surface area contributed by atoms with Crippen molar-refractivity contribution < 1.29 is 13.9 Å². The molecule has 13 heavy (non-hydrogen) atoms. The lowest BCUT2D eigenvalue weighted by Crippen LogP contribution is -2.28. The molecule has 0 aromatic rings. The van der Waals surface area contributed by atoms with Gasteiger partial charge in [0.25, 0.3) is 6.48 Å². The van der Waals surface area contributed by atoms with Crippen LogP contribution in [0, 0.1) is 0 Å². The molecule has 0 atom stereocenters. The molecule has 0 amide bonds. The van der Waals surface area contributed by atoms with E-state index in [0.717, 1.165) is 6.04 Å². The fourth-order valence-electron chi connectivity index (χ4n) is 0.769. The van der Waals surface area contributed by atoms with Crippen LogP contribution in [-0.4, -0.2) is 28.4 Å². The standard InChI is InChI=1S/C9H22O3Si/c1-6-13-12-9(10-7(2)3)11-8(4)5/h7-9H,6,13H2,1-5H3. The smallest absolute Gasteiger partial charge is 0.262 e. The van der Waals surface area contributed by atoms with Crippen LogP contribution in [0.1, 0.15) is 34.6 Å². The molecular formula is C9H22O3Si. The van der Waals surface area contributed by atoms with E-state index in [1.807, 2.05) is 27.7 Å². The normalized spacial score (nSPS) is 12.9. The molecule has 0 bridgehead atoms. The van der Waals surface area contributed by atoms with Crippen molar-refractivity contribution in [2.75, 3.05) is 0 Å². The van der Waals surface area contributed by atoms with Crippen LogP contribution in [-0.2, 0) is 13.9 Å². The average Bonchev–Trinajstić information content (AvgIpc) is 1.98. The van der Waals surface area contributed by atoms with Crippen LogP contribution in [0.25, 0.3) is 0 Å². The van der Waals surface area contributed by atoms with Gasteiger partial charge < -0.3 is 13.9 Å². The van der Waals surface area contributed by atoms with Gasteiger partial charge in [-0.15, -0.1) is 0 Å². The zero-order chi connectivity index (χ0) is 10.3. The van der Waals surface area contributed by atoms with Gasteiger partial charge in [-0.1, -0.05) is 6.92 Å². The van der Waals surface area contributed by atoms with Crippen LogP contribution < -0.4 is 0 Å². The molecule has 4 heteroatoms. The Morgan fingerprint density at radius 2 is 1.46 bits per heavy atom. The summed E-state index contributed by atoms with van der Waals surface area (Å²) in [6.07, 6.45) is 0.296. The maximum Gasteiger partial charge on any atom is 0.262 e. The van der Waals surface area contributed by atoms with Crippen LogP contribution >= 0.6 is 0 Å². The van der Waals surface area contributed by atoms with Gasteiger partial charge in [-0.25, -0.2) is 0 Å². The topological polar surface area (TPSA) is 27.7 Å². The van der Waals surface area contributed by atoms with Gasteiger partial charge in [0.05, 0.1) is 12.2 Å². The van der Waals surface area contributed by atoms with E-state index in [2.05, 4.69) is 6.92 Å². The molecule has 80 valence electrons. The second-order valence-corrected chi connectivity index (χ2v) is 5.27. The monoisotopic (exact) mass is 206 g/mol. The number of ether oxygens (including phenoxy) is 2. The average molecular weight is 206 g/mol. The summed E-state index contributed by atoms with van der Waals surface area (Å²) in [6, 6.07) is 1.11. The third-order valence-corrected chi connectivity index (χ3v) is 2.14. The molecule has 0 aliphatic rings. The molecule has 0 saturated heterocycles. The second-order valence-electron chi connectivity index (χ2n) is 3.53. The van der Waals surface area contributed by atoms with Gasteiger partial charge in [-0.05, 0) is 33.7 Å². The maximum atomic E-state index is 5.51. The number of rotatable bonds is 7. The van der Waals surface area contributed by atoms with E-state index < -0.39 is 16.2 Å². The van der Waals surface area contributed by atoms with Crippen molar-refractivity contribution >= 4 is 9.76 Å². The van der Waals surface area contributed by atoms with E-state index in [4.69, 9.17) is 13.9 Å². The Hall–Kier alpha value is 0.0969.